The van der Waals surface area contributed by atoms with Gasteiger partial charge < -0.3 is 10.7 Å². The Morgan fingerprint density at radius 1 is 1.53 bits per heavy atom. The van der Waals surface area contributed by atoms with E-state index in [0.29, 0.717) is 5.02 Å². The van der Waals surface area contributed by atoms with Gasteiger partial charge in [-0.25, -0.2) is 4.98 Å². The van der Waals surface area contributed by atoms with Crippen molar-refractivity contribution in [3.05, 3.63) is 29.0 Å². The molecule has 3 N–H and O–H groups in total. The first-order valence-electron chi connectivity index (χ1n) is 4.98. The topological polar surface area (TPSA) is 54.7 Å². The zero-order chi connectivity index (χ0) is 11.1. The molecule has 0 saturated carbocycles. The highest BCUT2D eigenvalue weighted by molar-refractivity contribution is 6.34. The van der Waals surface area contributed by atoms with Gasteiger partial charge in [-0.3, -0.25) is 0 Å². The summed E-state index contributed by atoms with van der Waals surface area (Å²) in [6.07, 6.45) is 0.824. The SMILES string of the molecule is CCC(C)(N)c1nc2c(Cl)cccc2[nH]1. The lowest BCUT2D eigenvalue weighted by Crippen LogP contribution is -2.33. The van der Waals surface area contributed by atoms with Crippen LogP contribution >= 0.6 is 11.6 Å². The predicted molar refractivity (Wildman–Crippen MR) is 62.9 cm³/mol. The van der Waals surface area contributed by atoms with Gasteiger partial charge in [-0.05, 0) is 25.5 Å². The molecule has 4 heteroatoms. The molecule has 2 rings (SSSR count). The molecule has 0 amide bonds. The summed E-state index contributed by atoms with van der Waals surface area (Å²) in [6.45, 7) is 3.99. The minimum atomic E-state index is -0.428. The number of hydrogen-bond donors (Lipinski definition) is 2. The Hall–Kier alpha value is -1.06. The Balaban J connectivity index is 2.62. The van der Waals surface area contributed by atoms with Gasteiger partial charge in [-0.2, -0.15) is 0 Å². The number of aromatic amines is 1. The van der Waals surface area contributed by atoms with Crippen molar-refractivity contribution >= 4 is 22.6 Å². The van der Waals surface area contributed by atoms with Crippen LogP contribution < -0.4 is 5.73 Å². The quantitative estimate of drug-likeness (QED) is 0.823. The zero-order valence-corrected chi connectivity index (χ0v) is 9.60. The third-order valence-electron chi connectivity index (χ3n) is 2.74. The van der Waals surface area contributed by atoms with E-state index in [-0.39, 0.29) is 0 Å². The summed E-state index contributed by atoms with van der Waals surface area (Å²) >= 11 is 6.04. The van der Waals surface area contributed by atoms with Crippen molar-refractivity contribution < 1.29 is 0 Å². The molecule has 80 valence electrons. The van der Waals surface area contributed by atoms with Gasteiger partial charge in [0.05, 0.1) is 16.1 Å². The van der Waals surface area contributed by atoms with E-state index in [1.807, 2.05) is 32.0 Å². The zero-order valence-electron chi connectivity index (χ0n) is 8.84. The fourth-order valence-corrected chi connectivity index (χ4v) is 1.65. The maximum atomic E-state index is 6.11. The third kappa shape index (κ3) is 1.73. The maximum Gasteiger partial charge on any atom is 0.127 e. The molecule has 0 spiro atoms. The summed E-state index contributed by atoms with van der Waals surface area (Å²) < 4.78 is 0. The van der Waals surface area contributed by atoms with Gasteiger partial charge in [0, 0.05) is 0 Å². The summed E-state index contributed by atoms with van der Waals surface area (Å²) in [5.41, 5.74) is 7.41. The van der Waals surface area contributed by atoms with Gasteiger partial charge in [-0.1, -0.05) is 24.6 Å². The van der Waals surface area contributed by atoms with E-state index < -0.39 is 5.54 Å². The number of para-hydroxylation sites is 1. The van der Waals surface area contributed by atoms with Crippen molar-refractivity contribution in [2.75, 3.05) is 0 Å². The van der Waals surface area contributed by atoms with Crippen LogP contribution in [0.25, 0.3) is 11.0 Å². The average Bonchev–Trinajstić information content (AvgIpc) is 2.64. The molecule has 0 bridgehead atoms. The smallest absolute Gasteiger partial charge is 0.127 e. The monoisotopic (exact) mass is 223 g/mol. The largest absolute Gasteiger partial charge is 0.340 e. The maximum absolute atomic E-state index is 6.11. The Morgan fingerprint density at radius 3 is 2.87 bits per heavy atom. The molecule has 1 heterocycles. The van der Waals surface area contributed by atoms with Gasteiger partial charge in [0.15, 0.2) is 0 Å². The van der Waals surface area contributed by atoms with Gasteiger partial charge in [0.1, 0.15) is 11.3 Å². The molecule has 0 saturated heterocycles. The Labute approximate surface area is 93.6 Å². The normalized spacial score (nSPS) is 15.5. The Kier molecular flexibility index (Phi) is 2.44. The highest BCUT2D eigenvalue weighted by Crippen LogP contribution is 2.25. The van der Waals surface area contributed by atoms with E-state index in [9.17, 15) is 0 Å². The Morgan fingerprint density at radius 2 is 2.27 bits per heavy atom. The van der Waals surface area contributed by atoms with E-state index >= 15 is 0 Å². The number of aromatic nitrogens is 2. The molecule has 1 aromatic heterocycles. The lowest BCUT2D eigenvalue weighted by molar-refractivity contribution is 0.451. The fraction of sp³-hybridized carbons (Fsp3) is 0.364. The number of H-pyrrole nitrogens is 1. The van der Waals surface area contributed by atoms with Crippen molar-refractivity contribution in [2.45, 2.75) is 25.8 Å². The number of benzene rings is 1. The number of imidazole rings is 1. The molecule has 1 unspecified atom stereocenters. The number of fused-ring (bicyclic) bond motifs is 1. The molecular formula is C11H14ClN3. The summed E-state index contributed by atoms with van der Waals surface area (Å²) in [7, 11) is 0. The predicted octanol–water partition coefficient (Wildman–Crippen LogP) is 2.80. The first-order valence-corrected chi connectivity index (χ1v) is 5.36. The first-order chi connectivity index (χ1) is 7.04. The summed E-state index contributed by atoms with van der Waals surface area (Å²) in [5.74, 6) is 0.785. The number of hydrogen-bond acceptors (Lipinski definition) is 2. The number of nitrogens with one attached hydrogen (secondary N) is 1. The van der Waals surface area contributed by atoms with Crippen LogP contribution in [-0.4, -0.2) is 9.97 Å². The van der Waals surface area contributed by atoms with Crippen LogP contribution in [0, 0.1) is 0 Å². The van der Waals surface area contributed by atoms with E-state index in [1.54, 1.807) is 0 Å². The number of halogens is 1. The van der Waals surface area contributed by atoms with Crippen molar-refractivity contribution in [1.29, 1.82) is 0 Å². The van der Waals surface area contributed by atoms with Crippen molar-refractivity contribution in [3.63, 3.8) is 0 Å². The number of rotatable bonds is 2. The standard InChI is InChI=1S/C11H14ClN3/c1-3-11(2,13)10-14-8-6-4-5-7(12)9(8)15-10/h4-6H,3,13H2,1-2H3,(H,14,15). The minimum absolute atomic E-state index is 0.428. The van der Waals surface area contributed by atoms with E-state index in [4.69, 9.17) is 17.3 Å². The van der Waals surface area contributed by atoms with Crippen LogP contribution in [0.3, 0.4) is 0 Å². The average molecular weight is 224 g/mol. The molecule has 0 radical (unpaired) electrons. The molecule has 15 heavy (non-hydrogen) atoms. The van der Waals surface area contributed by atoms with Crippen LogP contribution in [0.5, 0.6) is 0 Å². The van der Waals surface area contributed by atoms with Crippen molar-refractivity contribution in [3.8, 4) is 0 Å². The lowest BCUT2D eigenvalue weighted by atomic mass is 10.0. The molecular weight excluding hydrogens is 210 g/mol. The molecule has 0 aliphatic heterocycles. The first kappa shape index (κ1) is 10.5. The number of nitrogens with two attached hydrogens (primary N) is 1. The molecule has 1 atom stereocenters. The van der Waals surface area contributed by atoms with Crippen molar-refractivity contribution in [1.82, 2.24) is 9.97 Å². The molecule has 0 aliphatic carbocycles. The van der Waals surface area contributed by atoms with E-state index in [0.717, 1.165) is 23.3 Å². The highest BCUT2D eigenvalue weighted by atomic mass is 35.5. The van der Waals surface area contributed by atoms with E-state index in [1.165, 1.54) is 0 Å². The van der Waals surface area contributed by atoms with Crippen molar-refractivity contribution in [2.24, 2.45) is 5.73 Å². The molecule has 2 aromatic rings. The number of nitrogens with zero attached hydrogens (tertiary/aromatic N) is 1. The lowest BCUT2D eigenvalue weighted by Gasteiger charge is -2.19. The molecule has 3 nitrogen and oxygen atoms in total. The highest BCUT2D eigenvalue weighted by Gasteiger charge is 2.23. The van der Waals surface area contributed by atoms with Gasteiger partial charge in [0.2, 0.25) is 0 Å². The van der Waals surface area contributed by atoms with Crippen LogP contribution in [0.2, 0.25) is 5.02 Å². The molecule has 0 fully saturated rings. The summed E-state index contributed by atoms with van der Waals surface area (Å²) in [5, 5.41) is 0.655. The van der Waals surface area contributed by atoms with Crippen LogP contribution in [0.1, 0.15) is 26.1 Å². The fourth-order valence-electron chi connectivity index (χ4n) is 1.44. The van der Waals surface area contributed by atoms with Crippen LogP contribution in [0.4, 0.5) is 0 Å². The van der Waals surface area contributed by atoms with Gasteiger partial charge >= 0.3 is 0 Å². The second kappa shape index (κ2) is 3.51. The van der Waals surface area contributed by atoms with Crippen LogP contribution in [0.15, 0.2) is 18.2 Å². The summed E-state index contributed by atoms with van der Waals surface area (Å²) in [6, 6.07) is 5.67. The van der Waals surface area contributed by atoms with Crippen LogP contribution in [-0.2, 0) is 5.54 Å². The second-order valence-corrected chi connectivity index (χ2v) is 4.40. The van der Waals surface area contributed by atoms with Gasteiger partial charge in [-0.15, -0.1) is 0 Å². The van der Waals surface area contributed by atoms with Gasteiger partial charge in [0.25, 0.3) is 0 Å². The third-order valence-corrected chi connectivity index (χ3v) is 3.04. The molecule has 1 aromatic carbocycles. The summed E-state index contributed by atoms with van der Waals surface area (Å²) in [4.78, 5) is 7.65. The minimum Gasteiger partial charge on any atom is -0.340 e. The van der Waals surface area contributed by atoms with E-state index in [2.05, 4.69) is 9.97 Å². The second-order valence-electron chi connectivity index (χ2n) is 3.99. The molecule has 0 aliphatic rings. The Bertz CT molecular complexity index is 488.